The van der Waals surface area contributed by atoms with Crippen molar-refractivity contribution in [3.05, 3.63) is 0 Å². The lowest BCUT2D eigenvalue weighted by atomic mass is 10.0. The molecule has 1 saturated heterocycles. The van der Waals surface area contributed by atoms with E-state index in [1.165, 1.54) is 13.1 Å². The molecular formula is C8H17N2OP. The molecule has 1 N–H and O–H groups in total. The zero-order valence-electron chi connectivity index (χ0n) is 7.92. The topological polar surface area (TPSA) is 24.5 Å². The number of nitrogens with zero attached hydrogens (tertiary/aromatic N) is 1. The number of nitrogens with one attached hydrogen (secondary N) is 1. The van der Waals surface area contributed by atoms with Crippen LogP contribution in [0.25, 0.3) is 0 Å². The van der Waals surface area contributed by atoms with Gasteiger partial charge in [-0.15, -0.1) is 0 Å². The fourth-order valence-corrected chi connectivity index (χ4v) is 3.14. The van der Waals surface area contributed by atoms with Gasteiger partial charge in [-0.1, -0.05) is 13.8 Å². The van der Waals surface area contributed by atoms with Crippen LogP contribution in [-0.4, -0.2) is 31.1 Å². The number of hydrogen-bond donors (Lipinski definition) is 1. The van der Waals surface area contributed by atoms with Crippen molar-refractivity contribution in [1.82, 2.24) is 10.4 Å². The van der Waals surface area contributed by atoms with Crippen LogP contribution in [0.3, 0.4) is 0 Å². The molecule has 0 aromatic rings. The standard InChI is InChI=1S/C8H17N2OP/c1-7-4-10(3)5-8(7,2)6(7)9-11-12/h6,9H,4-5,12H2,1-3H3/t6?,7-,8+. The fraction of sp³-hybridized carbons (Fsp3) is 1.00. The van der Waals surface area contributed by atoms with Gasteiger partial charge in [0.05, 0.1) is 0 Å². The second kappa shape index (κ2) is 2.42. The highest BCUT2D eigenvalue weighted by molar-refractivity contribution is 7.09. The minimum absolute atomic E-state index is 0.415. The lowest BCUT2D eigenvalue weighted by Crippen LogP contribution is -2.32. The molecule has 70 valence electrons. The molecule has 1 heterocycles. The van der Waals surface area contributed by atoms with Crippen molar-refractivity contribution in [1.29, 1.82) is 0 Å². The molecular weight excluding hydrogens is 171 g/mol. The van der Waals surface area contributed by atoms with Crippen LogP contribution in [0.2, 0.25) is 0 Å². The molecule has 4 heteroatoms. The van der Waals surface area contributed by atoms with Crippen molar-refractivity contribution in [2.75, 3.05) is 20.1 Å². The van der Waals surface area contributed by atoms with E-state index in [9.17, 15) is 0 Å². The first-order chi connectivity index (χ1) is 5.54. The highest BCUT2D eigenvalue weighted by atomic mass is 31.0. The first-order valence-electron chi connectivity index (χ1n) is 4.34. The Bertz CT molecular complexity index is 195. The van der Waals surface area contributed by atoms with E-state index in [-0.39, 0.29) is 0 Å². The zero-order valence-corrected chi connectivity index (χ0v) is 9.08. The third-order valence-corrected chi connectivity index (χ3v) is 4.01. The van der Waals surface area contributed by atoms with Gasteiger partial charge in [0.1, 0.15) is 0 Å². The highest BCUT2D eigenvalue weighted by Crippen LogP contribution is 2.67. The van der Waals surface area contributed by atoms with E-state index in [0.29, 0.717) is 16.9 Å². The van der Waals surface area contributed by atoms with Gasteiger partial charge in [-0.2, -0.15) is 5.48 Å². The predicted octanol–water partition coefficient (Wildman–Crippen LogP) is 0.638. The summed E-state index contributed by atoms with van der Waals surface area (Å²) in [5.41, 5.74) is 3.89. The Kier molecular flexibility index (Phi) is 1.79. The second-order valence-electron chi connectivity index (χ2n) is 4.68. The van der Waals surface area contributed by atoms with E-state index < -0.39 is 0 Å². The van der Waals surface area contributed by atoms with Crippen LogP contribution in [0.1, 0.15) is 13.8 Å². The van der Waals surface area contributed by atoms with Crippen molar-refractivity contribution < 1.29 is 4.62 Å². The second-order valence-corrected chi connectivity index (χ2v) is 4.91. The summed E-state index contributed by atoms with van der Waals surface area (Å²) in [7, 11) is 4.43. The first-order valence-corrected chi connectivity index (χ1v) is 4.81. The molecule has 0 amide bonds. The van der Waals surface area contributed by atoms with E-state index in [1.807, 2.05) is 0 Å². The van der Waals surface area contributed by atoms with Crippen molar-refractivity contribution in [2.45, 2.75) is 19.9 Å². The van der Waals surface area contributed by atoms with E-state index >= 15 is 0 Å². The zero-order chi connectivity index (χ0) is 8.98. The summed E-state index contributed by atoms with van der Waals surface area (Å²) in [6.07, 6.45) is 0. The monoisotopic (exact) mass is 188 g/mol. The maximum Gasteiger partial charge on any atom is 0.0469 e. The van der Waals surface area contributed by atoms with Gasteiger partial charge >= 0.3 is 0 Å². The van der Waals surface area contributed by atoms with Crippen LogP contribution in [0.5, 0.6) is 0 Å². The van der Waals surface area contributed by atoms with E-state index in [4.69, 9.17) is 4.62 Å². The van der Waals surface area contributed by atoms with Crippen LogP contribution >= 0.6 is 9.47 Å². The Morgan fingerprint density at radius 2 is 1.92 bits per heavy atom. The van der Waals surface area contributed by atoms with Crippen LogP contribution in [-0.2, 0) is 4.62 Å². The van der Waals surface area contributed by atoms with Gasteiger partial charge in [0.15, 0.2) is 0 Å². The largest absolute Gasteiger partial charge is 0.305 e. The van der Waals surface area contributed by atoms with Gasteiger partial charge in [0.25, 0.3) is 0 Å². The highest BCUT2D eigenvalue weighted by Gasteiger charge is 2.74. The van der Waals surface area contributed by atoms with Crippen LogP contribution in [0.4, 0.5) is 0 Å². The normalized spacial score (nSPS) is 52.5. The van der Waals surface area contributed by atoms with Crippen molar-refractivity contribution in [3.63, 3.8) is 0 Å². The minimum Gasteiger partial charge on any atom is -0.305 e. The number of likely N-dealkylation sites (tertiary alicyclic amines) is 1. The molecule has 2 rings (SSSR count). The van der Waals surface area contributed by atoms with Gasteiger partial charge in [-0.3, -0.25) is 4.62 Å². The molecule has 0 aromatic carbocycles. The molecule has 12 heavy (non-hydrogen) atoms. The smallest absolute Gasteiger partial charge is 0.0469 e. The lowest BCUT2D eigenvalue weighted by Gasteiger charge is -2.17. The third-order valence-electron chi connectivity index (χ3n) is 3.88. The van der Waals surface area contributed by atoms with Crippen LogP contribution in [0.15, 0.2) is 0 Å². The molecule has 0 spiro atoms. The molecule has 0 aromatic heterocycles. The Hall–Kier alpha value is 0.310. The van der Waals surface area contributed by atoms with Crippen molar-refractivity contribution >= 4 is 9.47 Å². The molecule has 0 bridgehead atoms. The lowest BCUT2D eigenvalue weighted by molar-refractivity contribution is 0.177. The average molecular weight is 188 g/mol. The van der Waals surface area contributed by atoms with E-state index in [2.05, 4.69) is 40.7 Å². The summed E-state index contributed by atoms with van der Waals surface area (Å²) in [5, 5.41) is 0. The number of hydrogen-bond acceptors (Lipinski definition) is 3. The molecule has 0 radical (unpaired) electrons. The molecule has 2 aliphatic rings. The third kappa shape index (κ3) is 0.856. The Morgan fingerprint density at radius 1 is 1.42 bits per heavy atom. The van der Waals surface area contributed by atoms with Crippen molar-refractivity contribution in [3.8, 4) is 0 Å². The van der Waals surface area contributed by atoms with Gasteiger partial charge in [0.2, 0.25) is 0 Å². The Morgan fingerprint density at radius 3 is 2.33 bits per heavy atom. The number of piperidine rings is 1. The Balaban J connectivity index is 2.09. The maximum atomic E-state index is 4.92. The van der Waals surface area contributed by atoms with Gasteiger partial charge in [0, 0.05) is 39.4 Å². The summed E-state index contributed by atoms with van der Waals surface area (Å²) < 4.78 is 4.92. The van der Waals surface area contributed by atoms with Gasteiger partial charge in [-0.05, 0) is 7.05 Å². The molecule has 4 atom stereocenters. The molecule has 2 unspecified atom stereocenters. The average Bonchev–Trinajstić information content (AvgIpc) is 2.30. The fourth-order valence-electron chi connectivity index (χ4n) is 3.00. The SMILES string of the molecule is CN1C[C@@]2(C)C(NOP)[C@@]2(C)C1. The molecule has 2 fully saturated rings. The van der Waals surface area contributed by atoms with E-state index in [1.54, 1.807) is 0 Å². The quantitative estimate of drug-likeness (QED) is 0.508. The van der Waals surface area contributed by atoms with Crippen molar-refractivity contribution in [2.24, 2.45) is 10.8 Å². The summed E-state index contributed by atoms with van der Waals surface area (Å²) >= 11 is 0. The Labute approximate surface area is 76.1 Å². The predicted molar refractivity (Wildman–Crippen MR) is 51.4 cm³/mol. The number of rotatable bonds is 2. The van der Waals surface area contributed by atoms with Crippen LogP contribution in [0, 0.1) is 10.8 Å². The van der Waals surface area contributed by atoms with E-state index in [0.717, 1.165) is 0 Å². The molecule has 1 aliphatic carbocycles. The molecule has 3 nitrogen and oxygen atoms in total. The van der Waals surface area contributed by atoms with Crippen LogP contribution < -0.4 is 5.48 Å². The molecule has 1 aliphatic heterocycles. The number of hydroxylamine groups is 1. The summed E-state index contributed by atoms with van der Waals surface area (Å²) in [5.74, 6) is 0. The summed E-state index contributed by atoms with van der Waals surface area (Å²) in [6, 6.07) is 0.527. The summed E-state index contributed by atoms with van der Waals surface area (Å²) in [4.78, 5) is 2.39. The number of fused-ring (bicyclic) bond motifs is 1. The maximum absolute atomic E-state index is 4.92. The minimum atomic E-state index is 0.415. The first kappa shape index (κ1) is 8.89. The van der Waals surface area contributed by atoms with Gasteiger partial charge in [-0.25, -0.2) is 0 Å². The molecule has 1 saturated carbocycles. The summed E-state index contributed by atoms with van der Waals surface area (Å²) in [6.45, 7) is 7.01. The van der Waals surface area contributed by atoms with Gasteiger partial charge < -0.3 is 4.90 Å².